The molecule has 3 aromatic rings. The Bertz CT molecular complexity index is 1130. The van der Waals surface area contributed by atoms with Crippen LogP contribution in [0.2, 0.25) is 0 Å². The Morgan fingerprint density at radius 1 is 1.09 bits per heavy atom. The van der Waals surface area contributed by atoms with Crippen molar-refractivity contribution in [2.75, 3.05) is 38.6 Å². The van der Waals surface area contributed by atoms with Crippen LogP contribution in [0.1, 0.15) is 18.4 Å². The molecule has 0 unspecified atom stereocenters. The van der Waals surface area contributed by atoms with Crippen LogP contribution in [0, 0.1) is 5.92 Å². The minimum Gasteiger partial charge on any atom is -0.453 e. The fourth-order valence-corrected chi connectivity index (χ4v) is 4.16. The van der Waals surface area contributed by atoms with Crippen LogP contribution in [0.15, 0.2) is 48.7 Å². The number of amides is 2. The second kappa shape index (κ2) is 8.63. The predicted molar refractivity (Wildman–Crippen MR) is 121 cm³/mol. The summed E-state index contributed by atoms with van der Waals surface area (Å²) in [7, 11) is 1.42. The molecule has 0 bridgehead atoms. The first kappa shape index (κ1) is 20.5. The third-order valence-electron chi connectivity index (χ3n) is 6.18. The fraction of sp³-hybridized carbons (Fsp3) is 0.375. The predicted octanol–water partition coefficient (Wildman–Crippen LogP) is 3.23. The average molecular weight is 434 g/mol. The van der Waals surface area contributed by atoms with Gasteiger partial charge in [-0.05, 0) is 30.0 Å². The molecule has 8 nitrogen and oxygen atoms in total. The first-order valence-electron chi connectivity index (χ1n) is 11.0. The van der Waals surface area contributed by atoms with Gasteiger partial charge < -0.3 is 15.0 Å². The number of hydrogen-bond donors (Lipinski definition) is 1. The summed E-state index contributed by atoms with van der Waals surface area (Å²) in [6.45, 7) is 3.90. The van der Waals surface area contributed by atoms with Gasteiger partial charge in [0.2, 0.25) is 5.91 Å². The summed E-state index contributed by atoms with van der Waals surface area (Å²) in [5, 5.41) is 7.44. The number of ether oxygens (including phenoxy) is 1. The summed E-state index contributed by atoms with van der Waals surface area (Å²) in [4.78, 5) is 27.8. The minimum absolute atomic E-state index is 0.0618. The molecule has 1 N–H and O–H groups in total. The Labute approximate surface area is 186 Å². The second-order valence-electron chi connectivity index (χ2n) is 8.47. The van der Waals surface area contributed by atoms with Gasteiger partial charge in [0.25, 0.3) is 0 Å². The summed E-state index contributed by atoms with van der Waals surface area (Å²) in [6, 6.07) is 14.5. The quantitative estimate of drug-likeness (QED) is 0.668. The lowest BCUT2D eigenvalue weighted by Gasteiger charge is -2.33. The third kappa shape index (κ3) is 4.31. The van der Waals surface area contributed by atoms with Gasteiger partial charge in [-0.15, -0.1) is 0 Å². The Balaban J connectivity index is 1.27. The molecule has 2 fully saturated rings. The van der Waals surface area contributed by atoms with E-state index in [9.17, 15) is 9.59 Å². The lowest BCUT2D eigenvalue weighted by Crippen LogP contribution is -2.48. The zero-order valence-electron chi connectivity index (χ0n) is 18.2. The van der Waals surface area contributed by atoms with Crippen LogP contribution in [-0.2, 0) is 16.1 Å². The molecular formula is C24H27N5O3. The number of piperazine rings is 1. The molecule has 2 amide bonds. The molecule has 3 heterocycles. The number of carbonyl (C=O) groups is 2. The maximum atomic E-state index is 12.1. The average Bonchev–Trinajstić information content (AvgIpc) is 3.59. The lowest BCUT2D eigenvalue weighted by molar-refractivity contribution is -0.117. The molecule has 0 atom stereocenters. The van der Waals surface area contributed by atoms with E-state index in [0.29, 0.717) is 18.9 Å². The number of anilines is 1. The van der Waals surface area contributed by atoms with Crippen LogP contribution in [0.25, 0.3) is 16.6 Å². The van der Waals surface area contributed by atoms with Crippen molar-refractivity contribution >= 4 is 23.3 Å². The van der Waals surface area contributed by atoms with Gasteiger partial charge in [-0.2, -0.15) is 5.10 Å². The highest BCUT2D eigenvalue weighted by molar-refractivity contribution is 5.94. The van der Waals surface area contributed by atoms with Crippen molar-refractivity contribution < 1.29 is 14.3 Å². The number of pyridine rings is 1. The van der Waals surface area contributed by atoms with Gasteiger partial charge in [0.1, 0.15) is 0 Å². The topological polar surface area (TPSA) is 79.2 Å². The number of benzene rings is 1. The number of rotatable bonds is 5. The van der Waals surface area contributed by atoms with Crippen molar-refractivity contribution in [3.63, 3.8) is 0 Å². The van der Waals surface area contributed by atoms with Crippen LogP contribution >= 0.6 is 0 Å². The SMILES string of the molecule is COC(=O)N1CCN(Cc2ccc(-c3cccn4nc(NC(=O)C5CC5)cc34)cc2)CC1. The monoisotopic (exact) mass is 433 g/mol. The molecule has 1 aromatic carbocycles. The Morgan fingerprint density at radius 3 is 2.53 bits per heavy atom. The van der Waals surface area contributed by atoms with E-state index in [-0.39, 0.29) is 17.9 Å². The second-order valence-corrected chi connectivity index (χ2v) is 8.47. The van der Waals surface area contributed by atoms with Gasteiger partial charge in [-0.1, -0.05) is 30.3 Å². The van der Waals surface area contributed by atoms with Crippen molar-refractivity contribution in [1.82, 2.24) is 19.4 Å². The Hall–Kier alpha value is -3.39. The molecular weight excluding hydrogens is 406 g/mol. The molecule has 166 valence electrons. The fourth-order valence-electron chi connectivity index (χ4n) is 4.16. The maximum absolute atomic E-state index is 12.1. The van der Waals surface area contributed by atoms with Crippen LogP contribution in [-0.4, -0.2) is 64.7 Å². The molecule has 2 aromatic heterocycles. The number of aromatic nitrogens is 2. The van der Waals surface area contributed by atoms with Crippen LogP contribution in [0.5, 0.6) is 0 Å². The number of hydrogen-bond acceptors (Lipinski definition) is 5. The van der Waals surface area contributed by atoms with Gasteiger partial charge in [0.05, 0.1) is 12.6 Å². The van der Waals surface area contributed by atoms with Crippen molar-refractivity contribution in [2.24, 2.45) is 5.92 Å². The van der Waals surface area contributed by atoms with Crippen molar-refractivity contribution in [2.45, 2.75) is 19.4 Å². The zero-order chi connectivity index (χ0) is 22.1. The summed E-state index contributed by atoms with van der Waals surface area (Å²) >= 11 is 0. The van der Waals surface area contributed by atoms with Crippen molar-refractivity contribution in [1.29, 1.82) is 0 Å². The van der Waals surface area contributed by atoms with E-state index in [1.165, 1.54) is 12.7 Å². The Morgan fingerprint density at radius 2 is 1.84 bits per heavy atom. The molecule has 2 aliphatic rings. The molecule has 0 radical (unpaired) electrons. The van der Waals surface area contributed by atoms with E-state index < -0.39 is 0 Å². The van der Waals surface area contributed by atoms with E-state index in [1.807, 2.05) is 22.8 Å². The minimum atomic E-state index is -0.252. The number of nitrogens with one attached hydrogen (secondary N) is 1. The molecule has 8 heteroatoms. The number of methoxy groups -OCH3 is 1. The summed E-state index contributed by atoms with van der Waals surface area (Å²) in [5.74, 6) is 0.805. The van der Waals surface area contributed by atoms with Crippen molar-refractivity contribution in [3.8, 4) is 11.1 Å². The highest BCUT2D eigenvalue weighted by Gasteiger charge is 2.30. The highest BCUT2D eigenvalue weighted by Crippen LogP contribution is 2.31. The van der Waals surface area contributed by atoms with Gasteiger partial charge in [-0.25, -0.2) is 9.31 Å². The summed E-state index contributed by atoms with van der Waals surface area (Å²) in [5.41, 5.74) is 4.38. The smallest absolute Gasteiger partial charge is 0.409 e. The van der Waals surface area contributed by atoms with E-state index in [2.05, 4.69) is 45.6 Å². The molecule has 0 spiro atoms. The number of carbonyl (C=O) groups excluding carboxylic acids is 2. The largest absolute Gasteiger partial charge is 0.453 e. The molecule has 1 saturated carbocycles. The normalized spacial score (nSPS) is 16.8. The van der Waals surface area contributed by atoms with Crippen LogP contribution in [0.4, 0.5) is 10.6 Å². The Kier molecular flexibility index (Phi) is 5.53. The molecule has 1 saturated heterocycles. The molecule has 1 aliphatic heterocycles. The highest BCUT2D eigenvalue weighted by atomic mass is 16.5. The maximum Gasteiger partial charge on any atom is 0.409 e. The first-order chi connectivity index (χ1) is 15.6. The van der Waals surface area contributed by atoms with Gasteiger partial charge in [0.15, 0.2) is 5.82 Å². The van der Waals surface area contributed by atoms with Crippen LogP contribution < -0.4 is 5.32 Å². The molecule has 1 aliphatic carbocycles. The lowest BCUT2D eigenvalue weighted by atomic mass is 10.0. The van der Waals surface area contributed by atoms with E-state index in [0.717, 1.165) is 49.1 Å². The van der Waals surface area contributed by atoms with E-state index >= 15 is 0 Å². The number of nitrogens with zero attached hydrogens (tertiary/aromatic N) is 4. The van der Waals surface area contributed by atoms with Crippen molar-refractivity contribution in [3.05, 3.63) is 54.2 Å². The molecule has 32 heavy (non-hydrogen) atoms. The summed E-state index contributed by atoms with van der Waals surface area (Å²) < 4.78 is 6.62. The standard InChI is InChI=1S/C24H27N5O3/c1-32-24(31)28-13-11-27(12-14-28)16-17-4-6-18(7-5-17)20-3-2-10-29-21(20)15-22(26-29)25-23(30)19-8-9-19/h2-7,10,15,19H,8-9,11-14,16H2,1H3,(H,25,26,30). The summed E-state index contributed by atoms with van der Waals surface area (Å²) in [6.07, 6.45) is 3.59. The zero-order valence-corrected chi connectivity index (χ0v) is 18.2. The third-order valence-corrected chi connectivity index (χ3v) is 6.18. The van der Waals surface area contributed by atoms with E-state index in [1.54, 1.807) is 4.90 Å². The van der Waals surface area contributed by atoms with Gasteiger partial charge >= 0.3 is 6.09 Å². The van der Waals surface area contributed by atoms with E-state index in [4.69, 9.17) is 4.74 Å². The van der Waals surface area contributed by atoms with Crippen LogP contribution in [0.3, 0.4) is 0 Å². The number of fused-ring (bicyclic) bond motifs is 1. The van der Waals surface area contributed by atoms with Gasteiger partial charge in [-0.3, -0.25) is 9.69 Å². The van der Waals surface area contributed by atoms with Gasteiger partial charge in [0, 0.05) is 56.5 Å². The molecule has 5 rings (SSSR count). The first-order valence-corrected chi connectivity index (χ1v) is 11.0.